The largest absolute Gasteiger partial charge is 0.434 e. The summed E-state index contributed by atoms with van der Waals surface area (Å²) in [7, 11) is 0. The third-order valence-electron chi connectivity index (χ3n) is 3.03. The SMILES string of the molecule is CCCNC(=O)CCNC(C)c1cc(Cl)ccc1OC(F)F. The molecule has 0 aliphatic carbocycles. The summed E-state index contributed by atoms with van der Waals surface area (Å²) >= 11 is 5.90. The van der Waals surface area contributed by atoms with Gasteiger partial charge in [-0.25, -0.2) is 0 Å². The lowest BCUT2D eigenvalue weighted by Crippen LogP contribution is -2.29. The normalized spacial score (nSPS) is 12.3. The fourth-order valence-electron chi connectivity index (χ4n) is 1.93. The monoisotopic (exact) mass is 334 g/mol. The minimum atomic E-state index is -2.90. The lowest BCUT2D eigenvalue weighted by atomic mass is 10.1. The second-order valence-electron chi connectivity index (χ2n) is 4.84. The van der Waals surface area contributed by atoms with Gasteiger partial charge in [-0.2, -0.15) is 8.78 Å². The van der Waals surface area contributed by atoms with Gasteiger partial charge in [0.1, 0.15) is 5.75 Å². The molecule has 124 valence electrons. The van der Waals surface area contributed by atoms with Crippen molar-refractivity contribution in [2.45, 2.75) is 39.3 Å². The molecule has 7 heteroatoms. The molecule has 0 bridgehead atoms. The fourth-order valence-corrected chi connectivity index (χ4v) is 2.11. The van der Waals surface area contributed by atoms with Crippen molar-refractivity contribution in [3.8, 4) is 5.75 Å². The van der Waals surface area contributed by atoms with Crippen molar-refractivity contribution in [3.63, 3.8) is 0 Å². The Morgan fingerprint density at radius 1 is 1.36 bits per heavy atom. The Kier molecular flexibility index (Phi) is 8.12. The zero-order valence-corrected chi connectivity index (χ0v) is 13.4. The van der Waals surface area contributed by atoms with E-state index >= 15 is 0 Å². The van der Waals surface area contributed by atoms with Crippen LogP contribution in [0.2, 0.25) is 5.02 Å². The molecular formula is C15H21ClF2N2O2. The first-order valence-electron chi connectivity index (χ1n) is 7.18. The Morgan fingerprint density at radius 2 is 2.09 bits per heavy atom. The third-order valence-corrected chi connectivity index (χ3v) is 3.26. The van der Waals surface area contributed by atoms with E-state index in [2.05, 4.69) is 15.4 Å². The molecular weight excluding hydrogens is 314 g/mol. The summed E-state index contributed by atoms with van der Waals surface area (Å²) < 4.78 is 29.3. The topological polar surface area (TPSA) is 50.4 Å². The van der Waals surface area contributed by atoms with Crippen molar-refractivity contribution < 1.29 is 18.3 Å². The molecule has 1 amide bonds. The molecule has 22 heavy (non-hydrogen) atoms. The van der Waals surface area contributed by atoms with E-state index in [1.165, 1.54) is 12.1 Å². The van der Waals surface area contributed by atoms with Crippen molar-refractivity contribution >= 4 is 17.5 Å². The Hall–Kier alpha value is -1.40. The van der Waals surface area contributed by atoms with Crippen molar-refractivity contribution in [1.82, 2.24) is 10.6 Å². The lowest BCUT2D eigenvalue weighted by molar-refractivity contribution is -0.121. The predicted octanol–water partition coefficient (Wildman–Crippen LogP) is 3.51. The van der Waals surface area contributed by atoms with Crippen molar-refractivity contribution in [1.29, 1.82) is 0 Å². The number of benzene rings is 1. The molecule has 1 aromatic rings. The van der Waals surface area contributed by atoms with Crippen LogP contribution in [0.3, 0.4) is 0 Å². The predicted molar refractivity (Wildman–Crippen MR) is 82.4 cm³/mol. The van der Waals surface area contributed by atoms with Gasteiger partial charge >= 0.3 is 6.61 Å². The average molecular weight is 335 g/mol. The summed E-state index contributed by atoms with van der Waals surface area (Å²) in [4.78, 5) is 11.5. The summed E-state index contributed by atoms with van der Waals surface area (Å²) in [5.41, 5.74) is 0.529. The first-order valence-corrected chi connectivity index (χ1v) is 7.56. The number of rotatable bonds is 9. The minimum absolute atomic E-state index is 0.0447. The molecule has 1 aromatic carbocycles. The number of ether oxygens (including phenoxy) is 1. The summed E-state index contributed by atoms with van der Waals surface area (Å²) in [5, 5.41) is 6.31. The fraction of sp³-hybridized carbons (Fsp3) is 0.533. The van der Waals surface area contributed by atoms with Gasteiger partial charge in [0.2, 0.25) is 5.91 Å². The van der Waals surface area contributed by atoms with Crippen LogP contribution < -0.4 is 15.4 Å². The van der Waals surface area contributed by atoms with Gasteiger partial charge in [0.15, 0.2) is 0 Å². The van der Waals surface area contributed by atoms with Crippen LogP contribution >= 0.6 is 11.6 Å². The Bertz CT molecular complexity index is 487. The highest BCUT2D eigenvalue weighted by Crippen LogP contribution is 2.29. The van der Waals surface area contributed by atoms with Gasteiger partial charge < -0.3 is 15.4 Å². The van der Waals surface area contributed by atoms with Gasteiger partial charge in [-0.05, 0) is 31.5 Å². The zero-order chi connectivity index (χ0) is 16.5. The summed E-state index contributed by atoms with van der Waals surface area (Å²) in [6.45, 7) is 1.96. The van der Waals surface area contributed by atoms with E-state index in [1.807, 2.05) is 6.92 Å². The van der Waals surface area contributed by atoms with Gasteiger partial charge in [-0.15, -0.1) is 0 Å². The van der Waals surface area contributed by atoms with E-state index in [-0.39, 0.29) is 17.7 Å². The maximum absolute atomic E-state index is 12.4. The standard InChI is InChI=1S/C15H21ClF2N2O2/c1-3-7-20-14(21)6-8-19-10(2)12-9-11(16)4-5-13(12)22-15(17)18/h4-5,9-10,15,19H,3,6-8H2,1-2H3,(H,20,21). The molecule has 2 N–H and O–H groups in total. The molecule has 0 aliphatic heterocycles. The number of hydrogen-bond donors (Lipinski definition) is 2. The van der Waals surface area contributed by atoms with Gasteiger partial charge in [-0.1, -0.05) is 18.5 Å². The van der Waals surface area contributed by atoms with Crippen molar-refractivity contribution in [3.05, 3.63) is 28.8 Å². The van der Waals surface area contributed by atoms with Gasteiger partial charge in [0.25, 0.3) is 0 Å². The molecule has 0 aliphatic rings. The summed E-state index contributed by atoms with van der Waals surface area (Å²) in [6, 6.07) is 4.21. The number of hydrogen-bond acceptors (Lipinski definition) is 3. The molecule has 0 heterocycles. The maximum atomic E-state index is 12.4. The quantitative estimate of drug-likeness (QED) is 0.726. The smallest absolute Gasteiger partial charge is 0.387 e. The summed E-state index contributed by atoms with van der Waals surface area (Å²) in [6.07, 6.45) is 1.20. The maximum Gasteiger partial charge on any atom is 0.387 e. The Labute approximate surface area is 134 Å². The van der Waals surface area contributed by atoms with Crippen LogP contribution in [0.25, 0.3) is 0 Å². The highest BCUT2D eigenvalue weighted by molar-refractivity contribution is 6.30. The van der Waals surface area contributed by atoms with Crippen molar-refractivity contribution in [2.24, 2.45) is 0 Å². The van der Waals surface area contributed by atoms with Gasteiger partial charge in [0.05, 0.1) is 0 Å². The second-order valence-corrected chi connectivity index (χ2v) is 5.27. The van der Waals surface area contributed by atoms with E-state index < -0.39 is 6.61 Å². The molecule has 4 nitrogen and oxygen atoms in total. The number of halogens is 3. The highest BCUT2D eigenvalue weighted by Gasteiger charge is 2.15. The van der Waals surface area contributed by atoms with Crippen molar-refractivity contribution in [2.75, 3.05) is 13.1 Å². The molecule has 0 aromatic heterocycles. The second kappa shape index (κ2) is 9.58. The number of nitrogens with one attached hydrogen (secondary N) is 2. The Balaban J connectivity index is 2.58. The minimum Gasteiger partial charge on any atom is -0.434 e. The number of carbonyl (C=O) groups is 1. The molecule has 0 radical (unpaired) electrons. The van der Waals surface area contributed by atoms with Gasteiger partial charge in [0, 0.05) is 36.1 Å². The molecule has 0 spiro atoms. The highest BCUT2D eigenvalue weighted by atomic mass is 35.5. The van der Waals surface area contributed by atoms with Crippen LogP contribution in [-0.2, 0) is 4.79 Å². The van der Waals surface area contributed by atoms with Gasteiger partial charge in [-0.3, -0.25) is 4.79 Å². The first-order chi connectivity index (χ1) is 10.4. The van der Waals surface area contributed by atoms with E-state index in [0.717, 1.165) is 6.42 Å². The third kappa shape index (κ3) is 6.58. The van der Waals surface area contributed by atoms with Crippen LogP contribution in [-0.4, -0.2) is 25.6 Å². The number of amides is 1. The average Bonchev–Trinajstić information content (AvgIpc) is 2.46. The number of alkyl halides is 2. The molecule has 1 atom stereocenters. The van der Waals surface area contributed by atoms with Crippen LogP contribution in [0, 0.1) is 0 Å². The van der Waals surface area contributed by atoms with E-state index in [4.69, 9.17) is 11.6 Å². The number of carbonyl (C=O) groups excluding carboxylic acids is 1. The van der Waals surface area contributed by atoms with Crippen LogP contribution in [0.15, 0.2) is 18.2 Å². The molecule has 0 fully saturated rings. The Morgan fingerprint density at radius 3 is 2.73 bits per heavy atom. The molecule has 0 saturated heterocycles. The lowest BCUT2D eigenvalue weighted by Gasteiger charge is -2.18. The molecule has 1 rings (SSSR count). The van der Waals surface area contributed by atoms with Crippen LogP contribution in [0.5, 0.6) is 5.75 Å². The zero-order valence-electron chi connectivity index (χ0n) is 12.7. The van der Waals surface area contributed by atoms with E-state index in [1.54, 1.807) is 13.0 Å². The van der Waals surface area contributed by atoms with E-state index in [0.29, 0.717) is 30.1 Å². The first kappa shape index (κ1) is 18.6. The van der Waals surface area contributed by atoms with Crippen LogP contribution in [0.4, 0.5) is 8.78 Å². The van der Waals surface area contributed by atoms with E-state index in [9.17, 15) is 13.6 Å². The summed E-state index contributed by atoms with van der Waals surface area (Å²) in [5.74, 6) is 0.0338. The molecule has 1 unspecified atom stereocenters. The van der Waals surface area contributed by atoms with Crippen LogP contribution in [0.1, 0.15) is 38.3 Å². The molecule has 0 saturated carbocycles.